The molecule has 1 aliphatic heterocycles. The second-order valence-electron chi connectivity index (χ2n) is 4.47. The molecule has 0 spiro atoms. The van der Waals surface area contributed by atoms with E-state index in [1.165, 1.54) is 0 Å². The van der Waals surface area contributed by atoms with Crippen molar-refractivity contribution in [2.45, 2.75) is 12.5 Å². The lowest BCUT2D eigenvalue weighted by Gasteiger charge is -2.03. The van der Waals surface area contributed by atoms with Crippen molar-refractivity contribution in [3.63, 3.8) is 0 Å². The molecule has 2 heterocycles. The van der Waals surface area contributed by atoms with Gasteiger partial charge in [-0.2, -0.15) is 0 Å². The quantitative estimate of drug-likeness (QED) is 0.927. The molecule has 0 saturated carbocycles. The Kier molecular flexibility index (Phi) is 3.16. The Morgan fingerprint density at radius 2 is 1.95 bits per heavy atom. The molecule has 1 aliphatic rings. The van der Waals surface area contributed by atoms with Gasteiger partial charge in [-0.3, -0.25) is 4.98 Å². The van der Waals surface area contributed by atoms with Crippen LogP contribution in [0.3, 0.4) is 0 Å². The van der Waals surface area contributed by atoms with Crippen molar-refractivity contribution in [3.05, 3.63) is 54.2 Å². The van der Waals surface area contributed by atoms with Gasteiger partial charge in [-0.25, -0.2) is 4.79 Å². The number of aromatic nitrogens is 1. The molecule has 1 N–H and O–H groups in total. The number of oxime groups is 1. The fourth-order valence-electron chi connectivity index (χ4n) is 2.02. The fraction of sp³-hybridized carbons (Fsp3) is 0.133. The fourth-order valence-corrected chi connectivity index (χ4v) is 2.02. The summed E-state index contributed by atoms with van der Waals surface area (Å²) >= 11 is 0. The Morgan fingerprint density at radius 1 is 1.15 bits per heavy atom. The van der Waals surface area contributed by atoms with E-state index in [0.29, 0.717) is 5.71 Å². The van der Waals surface area contributed by atoms with Gasteiger partial charge in [0.05, 0.1) is 11.4 Å². The van der Waals surface area contributed by atoms with Crippen molar-refractivity contribution in [2.75, 3.05) is 0 Å². The Hall–Kier alpha value is -2.69. The molecule has 5 nitrogen and oxygen atoms in total. The minimum absolute atomic E-state index is 0.266. The van der Waals surface area contributed by atoms with Crippen molar-refractivity contribution in [3.8, 4) is 11.3 Å². The second kappa shape index (κ2) is 5.13. The predicted molar refractivity (Wildman–Crippen MR) is 73.3 cm³/mol. The van der Waals surface area contributed by atoms with E-state index >= 15 is 0 Å². The van der Waals surface area contributed by atoms with Gasteiger partial charge in [0, 0.05) is 23.7 Å². The second-order valence-corrected chi connectivity index (χ2v) is 4.47. The topological polar surface area (TPSA) is 71.8 Å². The van der Waals surface area contributed by atoms with Crippen molar-refractivity contribution < 1.29 is 14.7 Å². The monoisotopic (exact) mass is 268 g/mol. The van der Waals surface area contributed by atoms with Crippen molar-refractivity contribution in [1.29, 1.82) is 0 Å². The molecule has 0 saturated heterocycles. The maximum Gasteiger partial charge on any atom is 0.348 e. The highest BCUT2D eigenvalue weighted by Crippen LogP contribution is 2.20. The molecule has 0 amide bonds. The summed E-state index contributed by atoms with van der Waals surface area (Å²) in [6.45, 7) is 0. The van der Waals surface area contributed by atoms with Crippen LogP contribution in [-0.2, 0) is 9.63 Å². The number of hydrogen-bond acceptors (Lipinski definition) is 4. The molecule has 100 valence electrons. The molecule has 0 fully saturated rings. The van der Waals surface area contributed by atoms with Gasteiger partial charge in [0.25, 0.3) is 0 Å². The molecule has 3 rings (SSSR count). The molecule has 1 unspecified atom stereocenters. The summed E-state index contributed by atoms with van der Waals surface area (Å²) in [5.41, 5.74) is 3.30. The third-order valence-corrected chi connectivity index (χ3v) is 3.11. The largest absolute Gasteiger partial charge is 0.478 e. The van der Waals surface area contributed by atoms with Gasteiger partial charge >= 0.3 is 5.97 Å². The number of carboxylic acid groups (broad SMARTS) is 1. The third kappa shape index (κ3) is 2.38. The van der Waals surface area contributed by atoms with Gasteiger partial charge in [0.1, 0.15) is 0 Å². The Morgan fingerprint density at radius 3 is 2.55 bits per heavy atom. The number of hydrogen-bond donors (Lipinski definition) is 1. The Balaban J connectivity index is 1.79. The minimum Gasteiger partial charge on any atom is -0.478 e. The Bertz CT molecular complexity index is 651. The van der Waals surface area contributed by atoms with Crippen LogP contribution in [-0.4, -0.2) is 27.9 Å². The van der Waals surface area contributed by atoms with Gasteiger partial charge in [0.15, 0.2) is 0 Å². The lowest BCUT2D eigenvalue weighted by molar-refractivity contribution is -0.148. The van der Waals surface area contributed by atoms with E-state index in [0.717, 1.165) is 16.8 Å². The Labute approximate surface area is 115 Å². The first-order valence-electron chi connectivity index (χ1n) is 6.21. The van der Waals surface area contributed by atoms with Crippen LogP contribution in [0.15, 0.2) is 53.8 Å². The van der Waals surface area contributed by atoms with Crippen LogP contribution in [0.5, 0.6) is 0 Å². The average molecular weight is 268 g/mol. The normalized spacial score (nSPS) is 17.4. The maximum atomic E-state index is 10.8. The first-order valence-corrected chi connectivity index (χ1v) is 6.21. The number of carboxylic acids is 1. The number of aliphatic carboxylic acids is 1. The van der Waals surface area contributed by atoms with E-state index in [4.69, 9.17) is 9.94 Å². The molecule has 0 radical (unpaired) electrons. The molecular formula is C15H12N2O3. The predicted octanol–water partition coefficient (Wildman–Crippen LogP) is 2.33. The lowest BCUT2D eigenvalue weighted by Crippen LogP contribution is -2.19. The first kappa shape index (κ1) is 12.3. The number of rotatable bonds is 3. The van der Waals surface area contributed by atoms with E-state index in [1.54, 1.807) is 6.20 Å². The van der Waals surface area contributed by atoms with E-state index < -0.39 is 12.1 Å². The molecular weight excluding hydrogens is 256 g/mol. The number of pyridine rings is 1. The van der Waals surface area contributed by atoms with Gasteiger partial charge in [-0.15, -0.1) is 0 Å². The minimum atomic E-state index is -1.00. The van der Waals surface area contributed by atoms with E-state index in [-0.39, 0.29) is 6.42 Å². The lowest BCUT2D eigenvalue weighted by atomic mass is 10.1. The standard InChI is InChI=1S/C15H12N2O3/c18-15(19)14-8-13(17-20-14)11-6-7-12(16-9-11)10-4-2-1-3-5-10/h1-7,9,14H,8H2,(H,18,19). The van der Waals surface area contributed by atoms with E-state index in [9.17, 15) is 4.79 Å². The van der Waals surface area contributed by atoms with Crippen molar-refractivity contribution in [2.24, 2.45) is 5.16 Å². The molecule has 1 aromatic carbocycles. The smallest absolute Gasteiger partial charge is 0.348 e. The van der Waals surface area contributed by atoms with Crippen LogP contribution in [0.2, 0.25) is 0 Å². The van der Waals surface area contributed by atoms with Crippen LogP contribution in [0.4, 0.5) is 0 Å². The van der Waals surface area contributed by atoms with Gasteiger partial charge < -0.3 is 9.94 Å². The molecule has 2 aromatic rings. The van der Waals surface area contributed by atoms with Crippen LogP contribution in [0.1, 0.15) is 12.0 Å². The summed E-state index contributed by atoms with van der Waals surface area (Å²) < 4.78 is 0. The summed E-state index contributed by atoms with van der Waals surface area (Å²) in [7, 11) is 0. The van der Waals surface area contributed by atoms with E-state index in [1.807, 2.05) is 42.5 Å². The highest BCUT2D eigenvalue weighted by molar-refractivity contribution is 6.03. The van der Waals surface area contributed by atoms with Gasteiger partial charge in [0.2, 0.25) is 6.10 Å². The summed E-state index contributed by atoms with van der Waals surface area (Å²) in [6.07, 6.45) is 1.06. The maximum absolute atomic E-state index is 10.8. The van der Waals surface area contributed by atoms with Crippen molar-refractivity contribution >= 4 is 11.7 Å². The zero-order valence-corrected chi connectivity index (χ0v) is 10.6. The molecule has 20 heavy (non-hydrogen) atoms. The van der Waals surface area contributed by atoms with Crippen LogP contribution < -0.4 is 0 Å². The van der Waals surface area contributed by atoms with Gasteiger partial charge in [-0.05, 0) is 12.1 Å². The van der Waals surface area contributed by atoms with Crippen LogP contribution in [0.25, 0.3) is 11.3 Å². The van der Waals surface area contributed by atoms with E-state index in [2.05, 4.69) is 10.1 Å². The zero-order chi connectivity index (χ0) is 13.9. The zero-order valence-electron chi connectivity index (χ0n) is 10.6. The average Bonchev–Trinajstić information content (AvgIpc) is 2.98. The number of carbonyl (C=O) groups is 1. The summed E-state index contributed by atoms with van der Waals surface area (Å²) in [5, 5.41) is 12.7. The first-order chi connectivity index (χ1) is 9.74. The third-order valence-electron chi connectivity index (χ3n) is 3.11. The van der Waals surface area contributed by atoms with Crippen molar-refractivity contribution in [1.82, 2.24) is 4.98 Å². The highest BCUT2D eigenvalue weighted by atomic mass is 16.7. The number of nitrogens with zero attached hydrogens (tertiary/aromatic N) is 2. The van der Waals surface area contributed by atoms with Crippen LogP contribution >= 0.6 is 0 Å². The highest BCUT2D eigenvalue weighted by Gasteiger charge is 2.28. The molecule has 5 heteroatoms. The molecule has 1 aromatic heterocycles. The van der Waals surface area contributed by atoms with Crippen LogP contribution in [0, 0.1) is 0 Å². The summed E-state index contributed by atoms with van der Waals surface area (Å²) in [4.78, 5) is 20.0. The summed E-state index contributed by atoms with van der Waals surface area (Å²) in [5.74, 6) is -1.00. The van der Waals surface area contributed by atoms with Gasteiger partial charge in [-0.1, -0.05) is 35.5 Å². The molecule has 1 atom stereocenters. The molecule has 0 aliphatic carbocycles. The molecule has 0 bridgehead atoms. The SMILES string of the molecule is O=C(O)C1CC(c2ccc(-c3ccccc3)nc2)=NO1. The summed E-state index contributed by atoms with van der Waals surface area (Å²) in [6, 6.07) is 13.6. The number of benzene rings is 1.